The quantitative estimate of drug-likeness (QED) is 0.837. The summed E-state index contributed by atoms with van der Waals surface area (Å²) in [6, 6.07) is 8.28. The molecule has 0 N–H and O–H groups in total. The Morgan fingerprint density at radius 2 is 1.95 bits per heavy atom. The zero-order valence-corrected chi connectivity index (χ0v) is 12.6. The summed E-state index contributed by atoms with van der Waals surface area (Å²) >= 11 is 0. The summed E-state index contributed by atoms with van der Waals surface area (Å²) in [5.41, 5.74) is 0.941. The van der Waals surface area contributed by atoms with Crippen LogP contribution in [-0.4, -0.2) is 36.6 Å². The number of rotatable bonds is 2. The SMILES string of the molecule is CC1CCCN1C1CCN(c2cccc(F)c2C#N)CC1. The van der Waals surface area contributed by atoms with Crippen LogP contribution in [0.25, 0.3) is 0 Å². The van der Waals surface area contributed by atoms with E-state index in [1.54, 1.807) is 6.07 Å². The second kappa shape index (κ2) is 6.03. The van der Waals surface area contributed by atoms with Gasteiger partial charge in [0.15, 0.2) is 0 Å². The molecule has 0 aliphatic carbocycles. The average molecular weight is 287 g/mol. The maximum absolute atomic E-state index is 13.7. The molecule has 0 saturated carbocycles. The topological polar surface area (TPSA) is 30.3 Å². The van der Waals surface area contributed by atoms with Crippen molar-refractivity contribution in [1.82, 2.24) is 4.90 Å². The molecule has 0 amide bonds. The van der Waals surface area contributed by atoms with Crippen LogP contribution in [0, 0.1) is 17.1 Å². The van der Waals surface area contributed by atoms with Gasteiger partial charge in [-0.3, -0.25) is 4.90 Å². The van der Waals surface area contributed by atoms with Crippen molar-refractivity contribution in [2.75, 3.05) is 24.5 Å². The Morgan fingerprint density at radius 3 is 2.57 bits per heavy atom. The van der Waals surface area contributed by atoms with Crippen molar-refractivity contribution in [3.05, 3.63) is 29.6 Å². The average Bonchev–Trinajstić information content (AvgIpc) is 2.93. The molecule has 3 nitrogen and oxygen atoms in total. The predicted octanol–water partition coefficient (Wildman–Crippen LogP) is 3.15. The number of hydrogen-bond donors (Lipinski definition) is 0. The number of anilines is 1. The van der Waals surface area contributed by atoms with Crippen molar-refractivity contribution in [2.45, 2.75) is 44.7 Å². The van der Waals surface area contributed by atoms with Crippen LogP contribution in [0.5, 0.6) is 0 Å². The van der Waals surface area contributed by atoms with E-state index < -0.39 is 5.82 Å². The van der Waals surface area contributed by atoms with E-state index in [4.69, 9.17) is 5.26 Å². The van der Waals surface area contributed by atoms with E-state index in [2.05, 4.69) is 16.7 Å². The molecule has 0 bridgehead atoms. The van der Waals surface area contributed by atoms with E-state index in [0.29, 0.717) is 12.1 Å². The Bertz CT molecular complexity index is 543. The number of benzene rings is 1. The molecule has 1 unspecified atom stereocenters. The summed E-state index contributed by atoms with van der Waals surface area (Å²) < 4.78 is 13.7. The van der Waals surface area contributed by atoms with Gasteiger partial charge in [-0.2, -0.15) is 5.26 Å². The van der Waals surface area contributed by atoms with Crippen LogP contribution >= 0.6 is 0 Å². The Balaban J connectivity index is 1.69. The van der Waals surface area contributed by atoms with Crippen molar-refractivity contribution in [3.63, 3.8) is 0 Å². The van der Waals surface area contributed by atoms with Gasteiger partial charge in [-0.05, 0) is 51.3 Å². The van der Waals surface area contributed by atoms with Crippen molar-refractivity contribution in [1.29, 1.82) is 5.26 Å². The molecule has 0 spiro atoms. The highest BCUT2D eigenvalue weighted by Gasteiger charge is 2.31. The first-order valence-corrected chi connectivity index (χ1v) is 7.90. The zero-order valence-electron chi connectivity index (χ0n) is 12.6. The molecule has 21 heavy (non-hydrogen) atoms. The van der Waals surface area contributed by atoms with Crippen LogP contribution in [-0.2, 0) is 0 Å². The highest BCUT2D eigenvalue weighted by Crippen LogP contribution is 2.29. The minimum Gasteiger partial charge on any atom is -0.370 e. The molecule has 2 heterocycles. The summed E-state index contributed by atoms with van der Waals surface area (Å²) in [7, 11) is 0. The first-order chi connectivity index (χ1) is 10.2. The van der Waals surface area contributed by atoms with E-state index in [0.717, 1.165) is 31.6 Å². The van der Waals surface area contributed by atoms with Crippen molar-refractivity contribution < 1.29 is 4.39 Å². The van der Waals surface area contributed by atoms with Crippen molar-refractivity contribution in [2.24, 2.45) is 0 Å². The number of piperidine rings is 1. The van der Waals surface area contributed by atoms with Gasteiger partial charge in [0.25, 0.3) is 0 Å². The van der Waals surface area contributed by atoms with Crippen LogP contribution in [0.3, 0.4) is 0 Å². The Kier molecular flexibility index (Phi) is 4.12. The molecule has 0 aromatic heterocycles. The molecule has 1 aromatic rings. The fraction of sp³-hybridized carbons (Fsp3) is 0.588. The van der Waals surface area contributed by atoms with E-state index in [9.17, 15) is 4.39 Å². The van der Waals surface area contributed by atoms with Crippen LogP contribution in [0.1, 0.15) is 38.2 Å². The van der Waals surface area contributed by atoms with E-state index in [1.807, 2.05) is 12.1 Å². The van der Waals surface area contributed by atoms with Gasteiger partial charge in [-0.25, -0.2) is 4.39 Å². The van der Waals surface area contributed by atoms with Gasteiger partial charge in [0, 0.05) is 25.2 Å². The van der Waals surface area contributed by atoms with Gasteiger partial charge in [0.05, 0.1) is 5.69 Å². The lowest BCUT2D eigenvalue weighted by molar-refractivity contribution is 0.163. The Morgan fingerprint density at radius 1 is 1.19 bits per heavy atom. The highest BCUT2D eigenvalue weighted by atomic mass is 19.1. The molecule has 0 radical (unpaired) electrons. The Hall–Kier alpha value is -1.60. The summed E-state index contributed by atoms with van der Waals surface area (Å²) in [5.74, 6) is -0.412. The van der Waals surface area contributed by atoms with E-state index in [1.165, 1.54) is 25.5 Å². The maximum atomic E-state index is 13.7. The molecule has 2 fully saturated rings. The predicted molar refractivity (Wildman–Crippen MR) is 81.8 cm³/mol. The molecule has 4 heteroatoms. The first kappa shape index (κ1) is 14.3. The van der Waals surface area contributed by atoms with Crippen LogP contribution in [0.15, 0.2) is 18.2 Å². The summed E-state index contributed by atoms with van der Waals surface area (Å²) in [6.07, 6.45) is 4.82. The van der Waals surface area contributed by atoms with Gasteiger partial charge in [0.1, 0.15) is 17.4 Å². The Labute approximate surface area is 126 Å². The fourth-order valence-electron chi connectivity index (χ4n) is 3.82. The smallest absolute Gasteiger partial charge is 0.143 e. The van der Waals surface area contributed by atoms with Gasteiger partial charge in [-0.15, -0.1) is 0 Å². The van der Waals surface area contributed by atoms with Crippen molar-refractivity contribution in [3.8, 4) is 6.07 Å². The van der Waals surface area contributed by atoms with Gasteiger partial charge < -0.3 is 4.90 Å². The zero-order chi connectivity index (χ0) is 14.8. The molecule has 3 rings (SSSR count). The van der Waals surface area contributed by atoms with Crippen LogP contribution in [0.2, 0.25) is 0 Å². The normalized spacial score (nSPS) is 24.2. The summed E-state index contributed by atoms with van der Waals surface area (Å²) in [6.45, 7) is 5.35. The van der Waals surface area contributed by atoms with E-state index >= 15 is 0 Å². The largest absolute Gasteiger partial charge is 0.370 e. The molecule has 2 aliphatic heterocycles. The number of nitriles is 1. The number of halogens is 1. The third-order valence-electron chi connectivity index (χ3n) is 4.98. The molecule has 2 saturated heterocycles. The number of hydrogen-bond acceptors (Lipinski definition) is 3. The minimum absolute atomic E-state index is 0.186. The lowest BCUT2D eigenvalue weighted by Crippen LogP contribution is -2.46. The summed E-state index contributed by atoms with van der Waals surface area (Å²) in [5, 5.41) is 9.16. The fourth-order valence-corrected chi connectivity index (χ4v) is 3.82. The molecular formula is C17H22FN3. The van der Waals surface area contributed by atoms with Gasteiger partial charge in [-0.1, -0.05) is 6.07 Å². The molecule has 1 atom stereocenters. The third-order valence-corrected chi connectivity index (χ3v) is 4.98. The standard InChI is InChI=1S/C17H22FN3/c1-13-4-3-9-21(13)14-7-10-20(11-8-14)17-6-2-5-16(18)15(17)12-19/h2,5-6,13-14H,3-4,7-11H2,1H3. The summed E-state index contributed by atoms with van der Waals surface area (Å²) in [4.78, 5) is 4.80. The van der Waals surface area contributed by atoms with Crippen LogP contribution in [0.4, 0.5) is 10.1 Å². The molecule has 2 aliphatic rings. The number of nitrogens with zero attached hydrogens (tertiary/aromatic N) is 3. The van der Waals surface area contributed by atoms with Crippen LogP contribution < -0.4 is 4.90 Å². The first-order valence-electron chi connectivity index (χ1n) is 7.90. The highest BCUT2D eigenvalue weighted by molar-refractivity contribution is 5.60. The monoisotopic (exact) mass is 287 g/mol. The second-order valence-corrected chi connectivity index (χ2v) is 6.19. The van der Waals surface area contributed by atoms with E-state index in [-0.39, 0.29) is 5.56 Å². The molecular weight excluding hydrogens is 265 g/mol. The number of likely N-dealkylation sites (tertiary alicyclic amines) is 1. The van der Waals surface area contributed by atoms with Gasteiger partial charge in [0.2, 0.25) is 0 Å². The van der Waals surface area contributed by atoms with Crippen molar-refractivity contribution >= 4 is 5.69 Å². The lowest BCUT2D eigenvalue weighted by Gasteiger charge is -2.39. The maximum Gasteiger partial charge on any atom is 0.143 e. The molecule has 1 aromatic carbocycles. The van der Waals surface area contributed by atoms with Gasteiger partial charge >= 0.3 is 0 Å². The second-order valence-electron chi connectivity index (χ2n) is 6.19. The molecule has 112 valence electrons. The minimum atomic E-state index is -0.412. The lowest BCUT2D eigenvalue weighted by atomic mass is 10.0. The third kappa shape index (κ3) is 2.75.